The highest BCUT2D eigenvalue weighted by Crippen LogP contribution is 2.27. The van der Waals surface area contributed by atoms with E-state index in [2.05, 4.69) is 46.6 Å². The number of amides is 1. The summed E-state index contributed by atoms with van der Waals surface area (Å²) in [6, 6.07) is 16.3. The van der Waals surface area contributed by atoms with Crippen LogP contribution < -0.4 is 10.6 Å². The van der Waals surface area contributed by atoms with Gasteiger partial charge in [0.1, 0.15) is 0 Å². The van der Waals surface area contributed by atoms with Crippen molar-refractivity contribution in [2.24, 2.45) is 0 Å². The van der Waals surface area contributed by atoms with Gasteiger partial charge in [0, 0.05) is 24.6 Å². The van der Waals surface area contributed by atoms with Crippen LogP contribution in [0.1, 0.15) is 46.8 Å². The van der Waals surface area contributed by atoms with Gasteiger partial charge in [-0.15, -0.1) is 0 Å². The summed E-state index contributed by atoms with van der Waals surface area (Å²) in [6.07, 6.45) is 4.00. The van der Waals surface area contributed by atoms with Crippen LogP contribution in [0, 0.1) is 6.92 Å². The van der Waals surface area contributed by atoms with Gasteiger partial charge >= 0.3 is 0 Å². The van der Waals surface area contributed by atoms with Crippen molar-refractivity contribution in [2.45, 2.75) is 33.1 Å². The van der Waals surface area contributed by atoms with Crippen LogP contribution >= 0.6 is 0 Å². The minimum Gasteiger partial charge on any atom is -0.354 e. The van der Waals surface area contributed by atoms with E-state index < -0.39 is 0 Å². The lowest BCUT2D eigenvalue weighted by atomic mass is 9.98. The fraction of sp³-hybridized carbons (Fsp3) is 0.261. The molecule has 1 amide bonds. The van der Waals surface area contributed by atoms with Crippen LogP contribution in [0.5, 0.6) is 0 Å². The monoisotopic (exact) mass is 374 g/mol. The molecule has 2 aromatic carbocycles. The minimum atomic E-state index is -0.202. The van der Waals surface area contributed by atoms with Crippen molar-refractivity contribution in [3.63, 3.8) is 0 Å². The average Bonchev–Trinajstić information content (AvgIpc) is 2.70. The first-order valence-electron chi connectivity index (χ1n) is 9.55. The van der Waals surface area contributed by atoms with Gasteiger partial charge in [0.05, 0.1) is 5.56 Å². The van der Waals surface area contributed by atoms with Crippen molar-refractivity contribution >= 4 is 17.5 Å². The molecule has 28 heavy (non-hydrogen) atoms. The standard InChI is InChI=1S/C23H26N4O/c1-16(2)20-11-7-8-17(3)21(20)27-22(28)19-14-25-23(26-15-19)24-13-12-18-9-5-4-6-10-18/h4-11,14-16H,12-13H2,1-3H3,(H,27,28)(H,24,25,26). The SMILES string of the molecule is Cc1cccc(C(C)C)c1NC(=O)c1cnc(NCCc2ccccc2)nc1. The number of anilines is 2. The second kappa shape index (κ2) is 9.13. The van der Waals surface area contributed by atoms with E-state index in [-0.39, 0.29) is 5.91 Å². The Labute approximate surface area is 166 Å². The fourth-order valence-corrected chi connectivity index (χ4v) is 3.03. The molecule has 0 aliphatic heterocycles. The second-order valence-electron chi connectivity index (χ2n) is 7.11. The van der Waals surface area contributed by atoms with Crippen molar-refractivity contribution in [1.29, 1.82) is 0 Å². The zero-order valence-electron chi connectivity index (χ0n) is 16.6. The highest BCUT2D eigenvalue weighted by atomic mass is 16.1. The van der Waals surface area contributed by atoms with E-state index >= 15 is 0 Å². The molecule has 3 aromatic rings. The Morgan fingerprint density at radius 2 is 1.71 bits per heavy atom. The molecule has 3 rings (SSSR count). The van der Waals surface area contributed by atoms with Crippen molar-refractivity contribution in [3.05, 3.63) is 83.2 Å². The van der Waals surface area contributed by atoms with Gasteiger partial charge in [0.25, 0.3) is 5.91 Å². The van der Waals surface area contributed by atoms with E-state index in [1.54, 1.807) is 12.4 Å². The maximum Gasteiger partial charge on any atom is 0.258 e. The number of hydrogen-bond acceptors (Lipinski definition) is 4. The molecule has 0 aliphatic carbocycles. The molecule has 2 N–H and O–H groups in total. The quantitative estimate of drug-likeness (QED) is 0.622. The number of nitrogens with one attached hydrogen (secondary N) is 2. The minimum absolute atomic E-state index is 0.202. The van der Waals surface area contributed by atoms with E-state index in [1.807, 2.05) is 43.3 Å². The van der Waals surface area contributed by atoms with Crippen LogP contribution in [0.3, 0.4) is 0 Å². The van der Waals surface area contributed by atoms with Crippen LogP contribution in [0.2, 0.25) is 0 Å². The largest absolute Gasteiger partial charge is 0.354 e. The van der Waals surface area contributed by atoms with E-state index in [4.69, 9.17) is 0 Å². The molecule has 1 aromatic heterocycles. The molecule has 0 saturated carbocycles. The zero-order chi connectivity index (χ0) is 19.9. The molecular weight excluding hydrogens is 348 g/mol. The van der Waals surface area contributed by atoms with Crippen LogP contribution in [-0.4, -0.2) is 22.4 Å². The molecule has 5 heteroatoms. The highest BCUT2D eigenvalue weighted by Gasteiger charge is 2.14. The summed E-state index contributed by atoms with van der Waals surface area (Å²) in [5.74, 6) is 0.640. The third kappa shape index (κ3) is 4.94. The lowest BCUT2D eigenvalue weighted by molar-refractivity contribution is 0.102. The number of carbonyl (C=O) groups is 1. The van der Waals surface area contributed by atoms with Crippen LogP contribution in [0.25, 0.3) is 0 Å². The average molecular weight is 374 g/mol. The smallest absolute Gasteiger partial charge is 0.258 e. The number of para-hydroxylation sites is 1. The Hall–Kier alpha value is -3.21. The number of aryl methyl sites for hydroxylation is 1. The summed E-state index contributed by atoms with van der Waals surface area (Å²) in [7, 11) is 0. The summed E-state index contributed by atoms with van der Waals surface area (Å²) >= 11 is 0. The normalized spacial score (nSPS) is 10.7. The predicted octanol–water partition coefficient (Wildman–Crippen LogP) is 4.82. The number of rotatable bonds is 7. The topological polar surface area (TPSA) is 66.9 Å². The molecule has 0 unspecified atom stereocenters. The molecular formula is C23H26N4O. The van der Waals surface area contributed by atoms with E-state index in [0.29, 0.717) is 17.4 Å². The molecule has 0 saturated heterocycles. The number of benzene rings is 2. The summed E-state index contributed by atoms with van der Waals surface area (Å²) in [5.41, 5.74) is 4.72. The zero-order valence-corrected chi connectivity index (χ0v) is 16.6. The number of carbonyl (C=O) groups excluding carboxylic acids is 1. The Kier molecular flexibility index (Phi) is 6.37. The first-order chi connectivity index (χ1) is 13.5. The third-order valence-electron chi connectivity index (χ3n) is 4.62. The number of aromatic nitrogens is 2. The third-order valence-corrected chi connectivity index (χ3v) is 4.62. The summed E-state index contributed by atoms with van der Waals surface area (Å²) in [5, 5.41) is 6.21. The molecule has 1 heterocycles. The summed E-state index contributed by atoms with van der Waals surface area (Å²) < 4.78 is 0. The molecule has 0 bridgehead atoms. The highest BCUT2D eigenvalue weighted by molar-refractivity contribution is 6.04. The van der Waals surface area contributed by atoms with Crippen LogP contribution in [0.4, 0.5) is 11.6 Å². The van der Waals surface area contributed by atoms with Crippen molar-refractivity contribution in [2.75, 3.05) is 17.2 Å². The second-order valence-corrected chi connectivity index (χ2v) is 7.11. The molecule has 144 valence electrons. The van der Waals surface area contributed by atoms with E-state index in [9.17, 15) is 4.79 Å². The lowest BCUT2D eigenvalue weighted by Gasteiger charge is -2.16. The summed E-state index contributed by atoms with van der Waals surface area (Å²) in [6.45, 7) is 6.96. The van der Waals surface area contributed by atoms with Crippen LogP contribution in [-0.2, 0) is 6.42 Å². The Morgan fingerprint density at radius 3 is 2.39 bits per heavy atom. The number of hydrogen-bond donors (Lipinski definition) is 2. The predicted molar refractivity (Wildman–Crippen MR) is 114 cm³/mol. The molecule has 0 fully saturated rings. The van der Waals surface area contributed by atoms with E-state index in [1.165, 1.54) is 5.56 Å². The molecule has 0 aliphatic rings. The molecule has 0 radical (unpaired) electrons. The van der Waals surface area contributed by atoms with Gasteiger partial charge in [-0.05, 0) is 36.0 Å². The Bertz CT molecular complexity index is 921. The fourth-order valence-electron chi connectivity index (χ4n) is 3.03. The maximum atomic E-state index is 12.6. The molecule has 0 atom stereocenters. The maximum absolute atomic E-state index is 12.6. The van der Waals surface area contributed by atoms with Gasteiger partial charge in [-0.2, -0.15) is 0 Å². The molecule has 0 spiro atoms. The van der Waals surface area contributed by atoms with Gasteiger partial charge in [-0.1, -0.05) is 62.4 Å². The first kappa shape index (κ1) is 19.5. The van der Waals surface area contributed by atoms with Gasteiger partial charge < -0.3 is 10.6 Å². The Morgan fingerprint density at radius 1 is 1.00 bits per heavy atom. The van der Waals surface area contributed by atoms with Crippen molar-refractivity contribution < 1.29 is 4.79 Å². The van der Waals surface area contributed by atoms with Gasteiger partial charge in [-0.25, -0.2) is 9.97 Å². The molecule has 5 nitrogen and oxygen atoms in total. The van der Waals surface area contributed by atoms with Crippen LogP contribution in [0.15, 0.2) is 60.9 Å². The van der Waals surface area contributed by atoms with Crippen molar-refractivity contribution in [1.82, 2.24) is 9.97 Å². The number of nitrogens with zero attached hydrogens (tertiary/aromatic N) is 2. The van der Waals surface area contributed by atoms with Gasteiger partial charge in [0.15, 0.2) is 0 Å². The Balaban J connectivity index is 1.61. The lowest BCUT2D eigenvalue weighted by Crippen LogP contribution is -2.16. The van der Waals surface area contributed by atoms with Gasteiger partial charge in [0.2, 0.25) is 5.95 Å². The summed E-state index contributed by atoms with van der Waals surface area (Å²) in [4.78, 5) is 21.2. The van der Waals surface area contributed by atoms with E-state index in [0.717, 1.165) is 29.8 Å². The van der Waals surface area contributed by atoms with Gasteiger partial charge in [-0.3, -0.25) is 4.79 Å². The van der Waals surface area contributed by atoms with Crippen molar-refractivity contribution in [3.8, 4) is 0 Å². The first-order valence-corrected chi connectivity index (χ1v) is 9.55.